The molecule has 4 aromatic rings. The Balaban J connectivity index is 1.54. The molecule has 3 aromatic carbocycles. The van der Waals surface area contributed by atoms with Gasteiger partial charge in [0, 0.05) is 0 Å². The number of ether oxygens (including phenoxy) is 3. The predicted molar refractivity (Wildman–Crippen MR) is 169 cm³/mol. The number of benzene rings is 3. The van der Waals surface area contributed by atoms with Crippen LogP contribution in [0.25, 0.3) is 6.08 Å². The second-order valence-electron chi connectivity index (χ2n) is 10.8. The first kappa shape index (κ1) is 30.0. The fraction of sp³-hybridized carbons (Fsp3) is 0.286. The standard InChI is InChI=1S/C35H36N2O5S/c1-7-41-34(39)31-23(5)36-35-37(32(31)27-14-12-26(13-15-27)21(2)3)33(38)30(43-35)19-24-11-16-28(29(18-24)40-6)42-20-25-10-8-9-22(4)17-25/h8-19,21,32H,7,20H2,1-6H3. The number of thiazole rings is 1. The van der Waals surface area contributed by atoms with Crippen LogP contribution in [0.2, 0.25) is 0 Å². The lowest BCUT2D eigenvalue weighted by atomic mass is 9.93. The van der Waals surface area contributed by atoms with Gasteiger partial charge in [0.2, 0.25) is 0 Å². The molecule has 1 aliphatic rings. The monoisotopic (exact) mass is 596 g/mol. The quantitative estimate of drug-likeness (QED) is 0.228. The van der Waals surface area contributed by atoms with Crippen LogP contribution in [0.3, 0.4) is 0 Å². The number of methoxy groups -OCH3 is 1. The molecule has 1 unspecified atom stereocenters. The normalized spacial score (nSPS) is 14.9. The summed E-state index contributed by atoms with van der Waals surface area (Å²) in [6.07, 6.45) is 1.82. The number of nitrogens with zero attached hydrogens (tertiary/aromatic N) is 2. The van der Waals surface area contributed by atoms with Crippen LogP contribution in [-0.2, 0) is 16.1 Å². The molecule has 43 heavy (non-hydrogen) atoms. The van der Waals surface area contributed by atoms with Gasteiger partial charge >= 0.3 is 5.97 Å². The minimum atomic E-state index is -0.648. The van der Waals surface area contributed by atoms with Gasteiger partial charge in [-0.3, -0.25) is 9.36 Å². The molecule has 8 heteroatoms. The zero-order chi connectivity index (χ0) is 30.7. The summed E-state index contributed by atoms with van der Waals surface area (Å²) >= 11 is 1.29. The molecule has 0 fully saturated rings. The summed E-state index contributed by atoms with van der Waals surface area (Å²) in [6, 6.07) is 21.2. The fourth-order valence-corrected chi connectivity index (χ4v) is 6.22. The average molecular weight is 597 g/mol. The fourth-order valence-electron chi connectivity index (χ4n) is 5.18. The molecule has 0 saturated heterocycles. The van der Waals surface area contributed by atoms with Crippen LogP contribution in [0.5, 0.6) is 11.5 Å². The lowest BCUT2D eigenvalue weighted by molar-refractivity contribution is -0.139. The maximum atomic E-state index is 14.0. The van der Waals surface area contributed by atoms with Gasteiger partial charge in [-0.15, -0.1) is 0 Å². The van der Waals surface area contributed by atoms with Crippen molar-refractivity contribution in [2.24, 2.45) is 4.99 Å². The summed E-state index contributed by atoms with van der Waals surface area (Å²) < 4.78 is 19.2. The first-order valence-corrected chi connectivity index (χ1v) is 15.2. The van der Waals surface area contributed by atoms with Crippen molar-refractivity contribution in [1.29, 1.82) is 0 Å². The van der Waals surface area contributed by atoms with E-state index < -0.39 is 12.0 Å². The van der Waals surface area contributed by atoms with E-state index in [1.165, 1.54) is 22.5 Å². The van der Waals surface area contributed by atoms with Gasteiger partial charge in [-0.2, -0.15) is 0 Å². The van der Waals surface area contributed by atoms with Crippen LogP contribution >= 0.6 is 11.3 Å². The second-order valence-corrected chi connectivity index (χ2v) is 11.8. The molecule has 0 aliphatic carbocycles. The van der Waals surface area contributed by atoms with E-state index in [-0.39, 0.29) is 12.2 Å². The maximum absolute atomic E-state index is 14.0. The molecule has 0 amide bonds. The Morgan fingerprint density at radius 1 is 1.05 bits per heavy atom. The van der Waals surface area contributed by atoms with Crippen molar-refractivity contribution in [3.05, 3.63) is 126 Å². The summed E-state index contributed by atoms with van der Waals surface area (Å²) in [5.74, 6) is 1.07. The van der Waals surface area contributed by atoms with Crippen LogP contribution in [0, 0.1) is 6.92 Å². The van der Waals surface area contributed by atoms with E-state index in [9.17, 15) is 9.59 Å². The smallest absolute Gasteiger partial charge is 0.338 e. The molecule has 5 rings (SSSR count). The van der Waals surface area contributed by atoms with E-state index in [0.717, 1.165) is 16.7 Å². The molecule has 7 nitrogen and oxygen atoms in total. The van der Waals surface area contributed by atoms with Crippen molar-refractivity contribution >= 4 is 23.4 Å². The lowest BCUT2D eigenvalue weighted by Gasteiger charge is -2.25. The van der Waals surface area contributed by atoms with Crippen LogP contribution in [0.4, 0.5) is 0 Å². The number of esters is 1. The van der Waals surface area contributed by atoms with Gasteiger partial charge in [0.15, 0.2) is 16.3 Å². The molecule has 1 atom stereocenters. The summed E-state index contributed by atoms with van der Waals surface area (Å²) in [5.41, 5.74) is 5.71. The number of rotatable bonds is 9. The first-order chi connectivity index (χ1) is 20.7. The SMILES string of the molecule is CCOC(=O)C1=C(C)N=c2sc(=Cc3ccc(OCc4cccc(C)c4)c(OC)c3)c(=O)n2C1c1ccc(C(C)C)cc1. The number of aryl methyl sites for hydroxylation is 1. The molecule has 1 aliphatic heterocycles. The van der Waals surface area contributed by atoms with Gasteiger partial charge in [-0.25, -0.2) is 9.79 Å². The van der Waals surface area contributed by atoms with Gasteiger partial charge in [0.05, 0.1) is 35.6 Å². The van der Waals surface area contributed by atoms with Crippen LogP contribution in [0.1, 0.15) is 67.5 Å². The number of carbonyl (C=O) groups excluding carboxylic acids is 1. The third kappa shape index (κ3) is 6.34. The average Bonchev–Trinajstić information content (AvgIpc) is 3.29. The van der Waals surface area contributed by atoms with Gasteiger partial charge in [-0.05, 0) is 67.2 Å². The molecule has 222 valence electrons. The van der Waals surface area contributed by atoms with Crippen molar-refractivity contribution < 1.29 is 19.0 Å². The topological polar surface area (TPSA) is 79.1 Å². The van der Waals surface area contributed by atoms with E-state index in [2.05, 4.69) is 24.9 Å². The lowest BCUT2D eigenvalue weighted by Crippen LogP contribution is -2.39. The zero-order valence-electron chi connectivity index (χ0n) is 25.3. The van der Waals surface area contributed by atoms with E-state index in [1.54, 1.807) is 25.5 Å². The Morgan fingerprint density at radius 2 is 1.81 bits per heavy atom. The number of carbonyl (C=O) groups is 1. The van der Waals surface area contributed by atoms with E-state index in [1.807, 2.05) is 73.7 Å². The van der Waals surface area contributed by atoms with Crippen LogP contribution in [-0.4, -0.2) is 24.3 Å². The number of allylic oxidation sites excluding steroid dienone is 1. The molecule has 1 aromatic heterocycles. The third-order valence-electron chi connectivity index (χ3n) is 7.40. The summed E-state index contributed by atoms with van der Waals surface area (Å²) in [4.78, 5) is 32.3. The minimum absolute atomic E-state index is 0.227. The van der Waals surface area contributed by atoms with Crippen molar-refractivity contribution in [3.63, 3.8) is 0 Å². The number of aromatic nitrogens is 1. The summed E-state index contributed by atoms with van der Waals surface area (Å²) in [6.45, 7) is 10.5. The Kier molecular flexibility index (Phi) is 8.97. The molecular formula is C35H36N2O5S. The highest BCUT2D eigenvalue weighted by molar-refractivity contribution is 7.07. The molecule has 0 radical (unpaired) electrons. The Morgan fingerprint density at radius 3 is 2.49 bits per heavy atom. The second kappa shape index (κ2) is 12.8. The molecule has 0 N–H and O–H groups in total. The van der Waals surface area contributed by atoms with Crippen LogP contribution in [0.15, 0.2) is 87.8 Å². The van der Waals surface area contributed by atoms with Gasteiger partial charge in [0.1, 0.15) is 6.61 Å². The molecule has 0 spiro atoms. The molecule has 0 saturated carbocycles. The highest BCUT2D eigenvalue weighted by Crippen LogP contribution is 2.32. The van der Waals surface area contributed by atoms with Crippen molar-refractivity contribution in [3.8, 4) is 11.5 Å². The van der Waals surface area contributed by atoms with Crippen molar-refractivity contribution in [2.45, 2.75) is 53.2 Å². The number of hydrogen-bond acceptors (Lipinski definition) is 7. The number of fused-ring (bicyclic) bond motifs is 1. The highest BCUT2D eigenvalue weighted by atomic mass is 32.1. The highest BCUT2D eigenvalue weighted by Gasteiger charge is 2.33. The van der Waals surface area contributed by atoms with Crippen molar-refractivity contribution in [2.75, 3.05) is 13.7 Å². The summed E-state index contributed by atoms with van der Waals surface area (Å²) in [5, 5.41) is 0. The Bertz CT molecular complexity index is 1870. The van der Waals surface area contributed by atoms with Gasteiger partial charge in [-0.1, -0.05) is 85.3 Å². The molecule has 0 bridgehead atoms. The minimum Gasteiger partial charge on any atom is -0.493 e. The Labute approximate surface area is 255 Å². The Hall–Kier alpha value is -4.43. The van der Waals surface area contributed by atoms with E-state index in [0.29, 0.717) is 44.6 Å². The maximum Gasteiger partial charge on any atom is 0.338 e. The van der Waals surface area contributed by atoms with E-state index in [4.69, 9.17) is 14.2 Å². The van der Waals surface area contributed by atoms with Crippen LogP contribution < -0.4 is 24.4 Å². The number of hydrogen-bond donors (Lipinski definition) is 0. The van der Waals surface area contributed by atoms with Crippen molar-refractivity contribution in [1.82, 2.24) is 4.57 Å². The van der Waals surface area contributed by atoms with E-state index >= 15 is 0 Å². The first-order valence-electron chi connectivity index (χ1n) is 14.4. The predicted octanol–water partition coefficient (Wildman–Crippen LogP) is 5.82. The van der Waals surface area contributed by atoms with Gasteiger partial charge < -0.3 is 14.2 Å². The molecular weight excluding hydrogens is 560 g/mol. The van der Waals surface area contributed by atoms with Gasteiger partial charge in [0.25, 0.3) is 5.56 Å². The molecule has 2 heterocycles. The summed E-state index contributed by atoms with van der Waals surface area (Å²) in [7, 11) is 1.59. The largest absolute Gasteiger partial charge is 0.493 e. The zero-order valence-corrected chi connectivity index (χ0v) is 26.2. The third-order valence-corrected chi connectivity index (χ3v) is 8.38.